The number of rotatable bonds is 2. The van der Waals surface area contributed by atoms with Gasteiger partial charge in [-0.05, 0) is 55.8 Å². The molecule has 2 saturated heterocycles. The minimum Gasteiger partial charge on any atom is -0.339 e. The predicted molar refractivity (Wildman–Crippen MR) is 76.4 cm³/mol. The monoisotopic (exact) mass is 258 g/mol. The van der Waals surface area contributed by atoms with Gasteiger partial charge in [0.15, 0.2) is 0 Å². The summed E-state index contributed by atoms with van der Waals surface area (Å²) in [5.41, 5.74) is 2.21. The number of hydrogen-bond donors (Lipinski definition) is 1. The molecule has 0 spiro atoms. The van der Waals surface area contributed by atoms with E-state index in [9.17, 15) is 4.79 Å². The third-order valence-corrected chi connectivity index (χ3v) is 4.32. The lowest BCUT2D eigenvalue weighted by atomic mass is 9.91. The number of benzene rings is 1. The van der Waals surface area contributed by atoms with E-state index in [4.69, 9.17) is 0 Å². The van der Waals surface area contributed by atoms with Crippen LogP contribution in [0.2, 0.25) is 0 Å². The first-order chi connectivity index (χ1) is 9.34. The minimum atomic E-state index is 0.200. The number of nitrogens with zero attached hydrogens (tertiary/aromatic N) is 1. The molecule has 2 fully saturated rings. The summed E-state index contributed by atoms with van der Waals surface area (Å²) in [6.45, 7) is 4.06. The maximum Gasteiger partial charge on any atom is 0.253 e. The van der Waals surface area contributed by atoms with Gasteiger partial charge in [0.2, 0.25) is 0 Å². The molecule has 2 heterocycles. The van der Waals surface area contributed by atoms with Crippen LogP contribution in [-0.4, -0.2) is 37.0 Å². The molecule has 1 aromatic carbocycles. The first kappa shape index (κ1) is 12.7. The van der Waals surface area contributed by atoms with Gasteiger partial charge in [0.1, 0.15) is 0 Å². The van der Waals surface area contributed by atoms with E-state index in [1.807, 2.05) is 17.0 Å². The zero-order valence-corrected chi connectivity index (χ0v) is 11.4. The highest BCUT2D eigenvalue weighted by atomic mass is 16.2. The molecule has 3 nitrogen and oxygen atoms in total. The molecular formula is C16H22N2O. The van der Waals surface area contributed by atoms with Crippen molar-refractivity contribution in [3.05, 3.63) is 35.4 Å². The molecule has 3 rings (SSSR count). The Balaban J connectivity index is 1.69. The second-order valence-corrected chi connectivity index (χ2v) is 5.66. The molecular weight excluding hydrogens is 236 g/mol. The smallest absolute Gasteiger partial charge is 0.253 e. The predicted octanol–water partition coefficient (Wildman–Crippen LogP) is 2.39. The van der Waals surface area contributed by atoms with Gasteiger partial charge in [-0.15, -0.1) is 0 Å². The van der Waals surface area contributed by atoms with Gasteiger partial charge >= 0.3 is 0 Å². The van der Waals surface area contributed by atoms with Gasteiger partial charge in [-0.2, -0.15) is 0 Å². The molecule has 102 valence electrons. The highest BCUT2D eigenvalue weighted by molar-refractivity contribution is 5.94. The SMILES string of the molecule is O=C(c1ccc(C2CCCNC2)cc1)N1CCCC1. The van der Waals surface area contributed by atoms with Crippen molar-refractivity contribution in [2.24, 2.45) is 0 Å². The first-order valence-electron chi connectivity index (χ1n) is 7.44. The van der Waals surface area contributed by atoms with Gasteiger partial charge in [-0.3, -0.25) is 4.79 Å². The topological polar surface area (TPSA) is 32.3 Å². The van der Waals surface area contributed by atoms with Crippen molar-refractivity contribution in [1.82, 2.24) is 10.2 Å². The Morgan fingerprint density at radius 1 is 1.11 bits per heavy atom. The molecule has 3 heteroatoms. The number of amides is 1. The summed E-state index contributed by atoms with van der Waals surface area (Å²) in [4.78, 5) is 14.2. The molecule has 1 amide bonds. The maximum absolute atomic E-state index is 12.2. The molecule has 1 atom stereocenters. The van der Waals surface area contributed by atoms with Gasteiger partial charge < -0.3 is 10.2 Å². The van der Waals surface area contributed by atoms with Crippen LogP contribution in [0.15, 0.2) is 24.3 Å². The second kappa shape index (κ2) is 5.74. The molecule has 1 unspecified atom stereocenters. The van der Waals surface area contributed by atoms with Crippen molar-refractivity contribution in [1.29, 1.82) is 0 Å². The third kappa shape index (κ3) is 2.81. The minimum absolute atomic E-state index is 0.200. The van der Waals surface area contributed by atoms with Crippen molar-refractivity contribution >= 4 is 5.91 Å². The summed E-state index contributed by atoms with van der Waals surface area (Å²) in [6.07, 6.45) is 4.81. The van der Waals surface area contributed by atoms with E-state index in [0.717, 1.165) is 44.6 Å². The number of likely N-dealkylation sites (tertiary alicyclic amines) is 1. The number of hydrogen-bond acceptors (Lipinski definition) is 2. The van der Waals surface area contributed by atoms with Crippen molar-refractivity contribution in [2.45, 2.75) is 31.6 Å². The quantitative estimate of drug-likeness (QED) is 0.883. The Hall–Kier alpha value is -1.35. The van der Waals surface area contributed by atoms with Crippen LogP contribution < -0.4 is 5.32 Å². The molecule has 19 heavy (non-hydrogen) atoms. The van der Waals surface area contributed by atoms with Crippen LogP contribution in [-0.2, 0) is 0 Å². The summed E-state index contributed by atoms with van der Waals surface area (Å²) in [6, 6.07) is 8.29. The Kier molecular flexibility index (Phi) is 3.83. The average Bonchev–Trinajstić information content (AvgIpc) is 3.02. The van der Waals surface area contributed by atoms with Crippen LogP contribution in [0.3, 0.4) is 0 Å². The molecule has 0 radical (unpaired) electrons. The van der Waals surface area contributed by atoms with E-state index in [1.54, 1.807) is 0 Å². The molecule has 2 aliphatic heterocycles. The van der Waals surface area contributed by atoms with E-state index < -0.39 is 0 Å². The van der Waals surface area contributed by atoms with E-state index >= 15 is 0 Å². The van der Waals surface area contributed by atoms with Crippen LogP contribution in [0.4, 0.5) is 0 Å². The molecule has 0 saturated carbocycles. The van der Waals surface area contributed by atoms with E-state index in [-0.39, 0.29) is 5.91 Å². The Labute approximate surface area is 115 Å². The molecule has 1 N–H and O–H groups in total. The third-order valence-electron chi connectivity index (χ3n) is 4.32. The summed E-state index contributed by atoms with van der Waals surface area (Å²) in [5.74, 6) is 0.815. The fraction of sp³-hybridized carbons (Fsp3) is 0.562. The molecule has 0 bridgehead atoms. The van der Waals surface area contributed by atoms with Crippen LogP contribution >= 0.6 is 0 Å². The van der Waals surface area contributed by atoms with Gasteiger partial charge in [0.05, 0.1) is 0 Å². The molecule has 0 aliphatic carbocycles. The Morgan fingerprint density at radius 3 is 2.47 bits per heavy atom. The van der Waals surface area contributed by atoms with Crippen LogP contribution in [0, 0.1) is 0 Å². The lowest BCUT2D eigenvalue weighted by Crippen LogP contribution is -2.29. The standard InChI is InChI=1S/C16H22N2O/c19-16(18-10-1-2-11-18)14-7-5-13(6-8-14)15-4-3-9-17-12-15/h5-8,15,17H,1-4,9-12H2. The van der Waals surface area contributed by atoms with Crippen LogP contribution in [0.25, 0.3) is 0 Å². The normalized spacial score (nSPS) is 23.6. The zero-order chi connectivity index (χ0) is 13.1. The zero-order valence-electron chi connectivity index (χ0n) is 11.4. The fourth-order valence-electron chi connectivity index (χ4n) is 3.14. The van der Waals surface area contributed by atoms with Gasteiger partial charge in [-0.25, -0.2) is 0 Å². The Bertz CT molecular complexity index is 429. The molecule has 2 aliphatic rings. The number of carbonyl (C=O) groups excluding carboxylic acids is 1. The highest BCUT2D eigenvalue weighted by Crippen LogP contribution is 2.24. The first-order valence-corrected chi connectivity index (χ1v) is 7.44. The summed E-state index contributed by atoms with van der Waals surface area (Å²) >= 11 is 0. The molecule has 0 aromatic heterocycles. The fourth-order valence-corrected chi connectivity index (χ4v) is 3.14. The number of piperidine rings is 1. The van der Waals surface area contributed by atoms with Crippen molar-refractivity contribution < 1.29 is 4.79 Å². The Morgan fingerprint density at radius 2 is 1.84 bits per heavy atom. The number of carbonyl (C=O) groups is 1. The van der Waals surface area contributed by atoms with Gasteiger partial charge in [0, 0.05) is 25.2 Å². The summed E-state index contributed by atoms with van der Waals surface area (Å²) < 4.78 is 0. The van der Waals surface area contributed by atoms with E-state index in [0.29, 0.717) is 5.92 Å². The summed E-state index contributed by atoms with van der Waals surface area (Å²) in [5, 5.41) is 3.44. The lowest BCUT2D eigenvalue weighted by Gasteiger charge is -2.23. The van der Waals surface area contributed by atoms with Crippen LogP contribution in [0.5, 0.6) is 0 Å². The highest BCUT2D eigenvalue weighted by Gasteiger charge is 2.20. The van der Waals surface area contributed by atoms with E-state index in [2.05, 4.69) is 17.4 Å². The molecule has 1 aromatic rings. The van der Waals surface area contributed by atoms with Crippen molar-refractivity contribution in [3.8, 4) is 0 Å². The van der Waals surface area contributed by atoms with Crippen LogP contribution in [0.1, 0.15) is 47.5 Å². The van der Waals surface area contributed by atoms with Crippen molar-refractivity contribution in [2.75, 3.05) is 26.2 Å². The average molecular weight is 258 g/mol. The van der Waals surface area contributed by atoms with Crippen molar-refractivity contribution in [3.63, 3.8) is 0 Å². The van der Waals surface area contributed by atoms with Gasteiger partial charge in [0.25, 0.3) is 5.91 Å². The summed E-state index contributed by atoms with van der Waals surface area (Å²) in [7, 11) is 0. The maximum atomic E-state index is 12.2. The number of nitrogens with one attached hydrogen (secondary N) is 1. The largest absolute Gasteiger partial charge is 0.339 e. The van der Waals surface area contributed by atoms with E-state index in [1.165, 1.54) is 18.4 Å². The lowest BCUT2D eigenvalue weighted by molar-refractivity contribution is 0.0793. The second-order valence-electron chi connectivity index (χ2n) is 5.66. The van der Waals surface area contributed by atoms with Gasteiger partial charge in [-0.1, -0.05) is 12.1 Å².